The Balaban J connectivity index is 2.93. The summed E-state index contributed by atoms with van der Waals surface area (Å²) in [7, 11) is 0. The molecule has 0 saturated carbocycles. The van der Waals surface area contributed by atoms with Crippen molar-refractivity contribution in [2.24, 2.45) is 4.40 Å². The molecule has 0 fully saturated rings. The van der Waals surface area contributed by atoms with Crippen molar-refractivity contribution < 1.29 is 13.3 Å². The Kier molecular flexibility index (Phi) is 4.04. The first-order valence-corrected chi connectivity index (χ1v) is 5.83. The first-order chi connectivity index (χ1) is 7.32. The molecule has 0 amide bonds. The van der Waals surface area contributed by atoms with Gasteiger partial charge in [-0.2, -0.15) is 0 Å². The van der Waals surface area contributed by atoms with Gasteiger partial charge in [0.15, 0.2) is 0 Å². The molecule has 0 aliphatic rings. The minimum Gasteiger partial charge on any atom is -0.591 e. The second-order valence-electron chi connectivity index (χ2n) is 4.23. The smallest absolute Gasteiger partial charge is 0.144 e. The zero-order valence-corrected chi connectivity index (χ0v) is 10.1. The van der Waals surface area contributed by atoms with E-state index in [-0.39, 0.29) is 5.56 Å². The largest absolute Gasteiger partial charge is 0.591 e. The predicted octanol–water partition coefficient (Wildman–Crippen LogP) is 2.85. The molecule has 2 nitrogen and oxygen atoms in total. The van der Waals surface area contributed by atoms with Gasteiger partial charge in [-0.05, 0) is 32.9 Å². The SMILES string of the molecule is CC(C)(C)[S@+]([O-])/N=C/c1c(F)cccc1F. The van der Waals surface area contributed by atoms with E-state index in [1.54, 1.807) is 20.8 Å². The summed E-state index contributed by atoms with van der Waals surface area (Å²) in [6, 6.07) is 3.53. The number of benzene rings is 1. The lowest BCUT2D eigenvalue weighted by molar-refractivity contribution is 0.561. The molecule has 0 N–H and O–H groups in total. The molecule has 0 radical (unpaired) electrons. The van der Waals surface area contributed by atoms with Gasteiger partial charge in [0.25, 0.3) is 0 Å². The van der Waals surface area contributed by atoms with Crippen LogP contribution in [0.15, 0.2) is 22.6 Å². The molecule has 1 atom stereocenters. The molecular weight excluding hydrogens is 232 g/mol. The third kappa shape index (κ3) is 3.28. The molecule has 0 aliphatic carbocycles. The van der Waals surface area contributed by atoms with Crippen molar-refractivity contribution in [3.05, 3.63) is 35.4 Å². The molecule has 5 heteroatoms. The Bertz CT molecular complexity index is 381. The monoisotopic (exact) mass is 245 g/mol. The van der Waals surface area contributed by atoms with E-state index in [9.17, 15) is 13.3 Å². The van der Waals surface area contributed by atoms with E-state index in [1.807, 2.05) is 0 Å². The quantitative estimate of drug-likeness (QED) is 0.583. The maximum Gasteiger partial charge on any atom is 0.144 e. The lowest BCUT2D eigenvalue weighted by Crippen LogP contribution is -2.25. The first kappa shape index (κ1) is 13.1. The summed E-state index contributed by atoms with van der Waals surface area (Å²) in [5.74, 6) is -1.43. The standard InChI is InChI=1S/C11H13F2NOS/c1-11(2,3)16(15)14-7-8-9(12)5-4-6-10(8)13/h4-7H,1-3H3/b14-7+/t16-/m0/s1. The third-order valence-corrected chi connectivity index (χ3v) is 3.15. The Morgan fingerprint density at radius 1 is 1.25 bits per heavy atom. The Labute approximate surface area is 96.7 Å². The topological polar surface area (TPSA) is 35.4 Å². The maximum absolute atomic E-state index is 13.2. The molecule has 1 aromatic carbocycles. The molecule has 0 spiro atoms. The minimum atomic E-state index is -1.52. The van der Waals surface area contributed by atoms with Gasteiger partial charge < -0.3 is 4.55 Å². The summed E-state index contributed by atoms with van der Waals surface area (Å²) in [6.07, 6.45) is 0.978. The summed E-state index contributed by atoms with van der Waals surface area (Å²) >= 11 is -1.52. The van der Waals surface area contributed by atoms with Gasteiger partial charge >= 0.3 is 0 Å². The molecule has 16 heavy (non-hydrogen) atoms. The van der Waals surface area contributed by atoms with Crippen LogP contribution in [0.3, 0.4) is 0 Å². The van der Waals surface area contributed by atoms with Gasteiger partial charge in [0.05, 0.1) is 11.8 Å². The van der Waals surface area contributed by atoms with E-state index in [2.05, 4.69) is 4.40 Å². The number of nitrogens with zero attached hydrogens (tertiary/aromatic N) is 1. The van der Waals surface area contributed by atoms with Crippen LogP contribution in [-0.4, -0.2) is 15.5 Å². The third-order valence-electron chi connectivity index (χ3n) is 1.80. The average molecular weight is 245 g/mol. The van der Waals surface area contributed by atoms with E-state index in [4.69, 9.17) is 0 Å². The molecular formula is C11H13F2NOS. The lowest BCUT2D eigenvalue weighted by atomic mass is 10.2. The van der Waals surface area contributed by atoms with E-state index in [0.717, 1.165) is 18.3 Å². The fourth-order valence-corrected chi connectivity index (χ4v) is 1.41. The van der Waals surface area contributed by atoms with Gasteiger partial charge in [0.2, 0.25) is 0 Å². The van der Waals surface area contributed by atoms with E-state index in [0.29, 0.717) is 0 Å². The summed E-state index contributed by atoms with van der Waals surface area (Å²) < 4.78 is 41.0. The number of hydrogen-bond acceptors (Lipinski definition) is 2. The summed E-state index contributed by atoms with van der Waals surface area (Å²) in [5, 5.41) is 0. The first-order valence-electron chi connectivity index (χ1n) is 4.72. The molecule has 1 aromatic rings. The highest BCUT2D eigenvalue weighted by molar-refractivity contribution is 7.91. The van der Waals surface area contributed by atoms with E-state index < -0.39 is 27.7 Å². The normalized spacial score (nSPS) is 14.4. The van der Waals surface area contributed by atoms with Gasteiger partial charge in [-0.25, -0.2) is 8.78 Å². The van der Waals surface area contributed by atoms with Gasteiger partial charge in [0.1, 0.15) is 27.7 Å². The van der Waals surface area contributed by atoms with Crippen LogP contribution in [0, 0.1) is 11.6 Å². The highest BCUT2D eigenvalue weighted by Crippen LogP contribution is 2.17. The van der Waals surface area contributed by atoms with Crippen LogP contribution in [-0.2, 0) is 11.4 Å². The number of hydrogen-bond donors (Lipinski definition) is 0. The van der Waals surface area contributed by atoms with Gasteiger partial charge in [-0.15, -0.1) is 0 Å². The molecule has 0 aromatic heterocycles. The molecule has 0 heterocycles. The van der Waals surface area contributed by atoms with Crippen molar-refractivity contribution in [3.63, 3.8) is 0 Å². The number of halogens is 2. The van der Waals surface area contributed by atoms with Crippen molar-refractivity contribution in [2.75, 3.05) is 0 Å². The van der Waals surface area contributed by atoms with Crippen molar-refractivity contribution in [2.45, 2.75) is 25.5 Å². The summed E-state index contributed by atoms with van der Waals surface area (Å²) in [5.41, 5.74) is -0.264. The van der Waals surface area contributed by atoms with Gasteiger partial charge in [0, 0.05) is 0 Å². The van der Waals surface area contributed by atoms with Crippen LogP contribution in [0.5, 0.6) is 0 Å². The zero-order chi connectivity index (χ0) is 12.3. The fraction of sp³-hybridized carbons (Fsp3) is 0.364. The summed E-state index contributed by atoms with van der Waals surface area (Å²) in [4.78, 5) is 0. The fourth-order valence-electron chi connectivity index (χ4n) is 0.893. The molecule has 0 bridgehead atoms. The Morgan fingerprint density at radius 3 is 2.19 bits per heavy atom. The van der Waals surface area contributed by atoms with E-state index >= 15 is 0 Å². The second-order valence-corrected chi connectivity index (χ2v) is 6.17. The molecule has 0 saturated heterocycles. The highest BCUT2D eigenvalue weighted by Gasteiger charge is 2.26. The lowest BCUT2D eigenvalue weighted by Gasteiger charge is -2.17. The van der Waals surface area contributed by atoms with Crippen LogP contribution in [0.2, 0.25) is 0 Å². The minimum absolute atomic E-state index is 0.264. The maximum atomic E-state index is 13.2. The van der Waals surface area contributed by atoms with Crippen LogP contribution >= 0.6 is 0 Å². The van der Waals surface area contributed by atoms with Crippen molar-refractivity contribution >= 4 is 17.6 Å². The molecule has 88 valence electrons. The van der Waals surface area contributed by atoms with Crippen LogP contribution < -0.4 is 0 Å². The molecule has 1 rings (SSSR count). The van der Waals surface area contributed by atoms with Crippen LogP contribution in [0.1, 0.15) is 26.3 Å². The molecule has 0 unspecified atom stereocenters. The Hall–Kier alpha value is -0.940. The Morgan fingerprint density at radius 2 is 1.75 bits per heavy atom. The zero-order valence-electron chi connectivity index (χ0n) is 9.33. The van der Waals surface area contributed by atoms with Gasteiger partial charge in [-0.1, -0.05) is 10.5 Å². The van der Waals surface area contributed by atoms with Crippen molar-refractivity contribution in [1.82, 2.24) is 0 Å². The van der Waals surface area contributed by atoms with Crippen LogP contribution in [0.4, 0.5) is 8.78 Å². The van der Waals surface area contributed by atoms with E-state index in [1.165, 1.54) is 6.07 Å². The summed E-state index contributed by atoms with van der Waals surface area (Å²) in [6.45, 7) is 5.20. The predicted molar refractivity (Wildman–Crippen MR) is 61.8 cm³/mol. The number of rotatable bonds is 2. The van der Waals surface area contributed by atoms with Crippen molar-refractivity contribution in [3.8, 4) is 0 Å². The molecule has 0 aliphatic heterocycles. The van der Waals surface area contributed by atoms with Crippen molar-refractivity contribution in [1.29, 1.82) is 0 Å². The van der Waals surface area contributed by atoms with Crippen LogP contribution in [0.25, 0.3) is 0 Å². The average Bonchev–Trinajstić information content (AvgIpc) is 2.15. The second kappa shape index (κ2) is 4.93. The highest BCUT2D eigenvalue weighted by atomic mass is 32.2. The van der Waals surface area contributed by atoms with Gasteiger partial charge in [-0.3, -0.25) is 0 Å².